The molecule has 2 rings (SSSR count). The minimum Gasteiger partial charge on any atom is -0.305 e. The molecule has 0 aromatic heterocycles. The van der Waals surface area contributed by atoms with E-state index in [1.54, 1.807) is 4.90 Å². The zero-order chi connectivity index (χ0) is 13.5. The Morgan fingerprint density at radius 1 is 1.16 bits per heavy atom. The van der Waals surface area contributed by atoms with Crippen molar-refractivity contribution < 1.29 is 9.59 Å². The Bertz CT molecular complexity index is 410. The molecule has 0 unspecified atom stereocenters. The molecule has 1 saturated carbocycles. The van der Waals surface area contributed by atoms with E-state index in [-0.39, 0.29) is 12.5 Å². The first kappa shape index (κ1) is 13.8. The molecular formula is C16H21NO2. The Balaban J connectivity index is 2.01. The monoisotopic (exact) mass is 259 g/mol. The first-order valence-electron chi connectivity index (χ1n) is 7.10. The van der Waals surface area contributed by atoms with Crippen LogP contribution in [0.3, 0.4) is 0 Å². The molecule has 0 bridgehead atoms. The fraction of sp³-hybridized carbons (Fsp3) is 0.500. The summed E-state index contributed by atoms with van der Waals surface area (Å²) in [5.41, 5.74) is 0.815. The van der Waals surface area contributed by atoms with Crippen molar-refractivity contribution in [1.29, 1.82) is 0 Å². The molecule has 0 atom stereocenters. The topological polar surface area (TPSA) is 37.4 Å². The van der Waals surface area contributed by atoms with Gasteiger partial charge in [0.05, 0.1) is 6.54 Å². The van der Waals surface area contributed by atoms with Crippen LogP contribution >= 0.6 is 0 Å². The lowest BCUT2D eigenvalue weighted by atomic mass is 9.86. The van der Waals surface area contributed by atoms with Gasteiger partial charge in [0.15, 0.2) is 0 Å². The molecule has 0 radical (unpaired) electrons. The molecule has 1 amide bonds. The van der Waals surface area contributed by atoms with Gasteiger partial charge in [-0.3, -0.25) is 4.79 Å². The molecule has 1 aliphatic rings. The number of carbonyl (C=O) groups is 2. The molecule has 0 heterocycles. The third kappa shape index (κ3) is 3.91. The summed E-state index contributed by atoms with van der Waals surface area (Å²) in [6.45, 7) is 0.148. The van der Waals surface area contributed by atoms with Crippen molar-refractivity contribution in [2.75, 3.05) is 11.4 Å². The van der Waals surface area contributed by atoms with Gasteiger partial charge in [-0.1, -0.05) is 37.5 Å². The SMILES string of the molecule is O=CCN(C(=O)CC1CCCCC1)c1ccccc1. The van der Waals surface area contributed by atoms with Gasteiger partial charge in [0.1, 0.15) is 6.29 Å². The minimum atomic E-state index is 0.0743. The summed E-state index contributed by atoms with van der Waals surface area (Å²) in [5, 5.41) is 0. The second kappa shape index (κ2) is 7.07. The summed E-state index contributed by atoms with van der Waals surface area (Å²) in [6, 6.07) is 9.45. The van der Waals surface area contributed by atoms with Gasteiger partial charge >= 0.3 is 0 Å². The van der Waals surface area contributed by atoms with Crippen LogP contribution in [0.1, 0.15) is 38.5 Å². The second-order valence-electron chi connectivity index (χ2n) is 5.21. The molecule has 1 aromatic rings. The number of benzene rings is 1. The lowest BCUT2D eigenvalue weighted by Gasteiger charge is -2.25. The zero-order valence-electron chi connectivity index (χ0n) is 11.3. The van der Waals surface area contributed by atoms with Crippen LogP contribution in [0.5, 0.6) is 0 Å². The van der Waals surface area contributed by atoms with Crippen LogP contribution in [0.4, 0.5) is 5.69 Å². The van der Waals surface area contributed by atoms with Crippen LogP contribution in [0.15, 0.2) is 30.3 Å². The van der Waals surface area contributed by atoms with Crippen molar-refractivity contribution in [3.63, 3.8) is 0 Å². The number of rotatable bonds is 5. The van der Waals surface area contributed by atoms with Crippen LogP contribution in [0.2, 0.25) is 0 Å². The minimum absolute atomic E-state index is 0.0743. The van der Waals surface area contributed by atoms with E-state index >= 15 is 0 Å². The molecule has 0 saturated heterocycles. The molecule has 0 spiro atoms. The van der Waals surface area contributed by atoms with Gasteiger partial charge in [-0.15, -0.1) is 0 Å². The zero-order valence-corrected chi connectivity index (χ0v) is 11.3. The Morgan fingerprint density at radius 2 is 1.84 bits per heavy atom. The van der Waals surface area contributed by atoms with E-state index in [9.17, 15) is 9.59 Å². The average molecular weight is 259 g/mol. The Morgan fingerprint density at radius 3 is 2.47 bits per heavy atom. The number of amides is 1. The second-order valence-corrected chi connectivity index (χ2v) is 5.21. The maximum atomic E-state index is 12.4. The van der Waals surface area contributed by atoms with Crippen molar-refractivity contribution in [3.05, 3.63) is 30.3 Å². The standard InChI is InChI=1S/C16H21NO2/c18-12-11-17(15-9-5-2-6-10-15)16(19)13-14-7-3-1-4-8-14/h2,5-6,9-10,12,14H,1,3-4,7-8,11,13H2. The fourth-order valence-electron chi connectivity index (χ4n) is 2.78. The Kier molecular flexibility index (Phi) is 5.13. The first-order valence-corrected chi connectivity index (χ1v) is 7.10. The number of nitrogens with zero attached hydrogens (tertiary/aromatic N) is 1. The largest absolute Gasteiger partial charge is 0.305 e. The number of hydrogen-bond donors (Lipinski definition) is 0. The molecule has 3 nitrogen and oxygen atoms in total. The van der Waals surface area contributed by atoms with Crippen LogP contribution in [-0.2, 0) is 9.59 Å². The molecule has 1 fully saturated rings. The van der Waals surface area contributed by atoms with E-state index in [4.69, 9.17) is 0 Å². The molecule has 0 aliphatic heterocycles. The normalized spacial score (nSPS) is 16.0. The van der Waals surface area contributed by atoms with E-state index in [2.05, 4.69) is 0 Å². The molecular weight excluding hydrogens is 238 g/mol. The van der Waals surface area contributed by atoms with Crippen LogP contribution in [-0.4, -0.2) is 18.7 Å². The van der Waals surface area contributed by atoms with Crippen molar-refractivity contribution in [2.24, 2.45) is 5.92 Å². The molecule has 1 aliphatic carbocycles. The van der Waals surface area contributed by atoms with Gasteiger partial charge in [-0.2, -0.15) is 0 Å². The van der Waals surface area contributed by atoms with Gasteiger partial charge in [0.2, 0.25) is 5.91 Å². The Labute approximate surface area is 114 Å². The lowest BCUT2D eigenvalue weighted by Crippen LogP contribution is -2.34. The number of anilines is 1. The quantitative estimate of drug-likeness (QED) is 0.761. The molecule has 102 valence electrons. The van der Waals surface area contributed by atoms with Crippen molar-refractivity contribution in [1.82, 2.24) is 0 Å². The van der Waals surface area contributed by atoms with Gasteiger partial charge < -0.3 is 9.69 Å². The maximum absolute atomic E-state index is 12.4. The summed E-state index contributed by atoms with van der Waals surface area (Å²) in [4.78, 5) is 24.8. The summed E-state index contributed by atoms with van der Waals surface area (Å²) >= 11 is 0. The summed E-state index contributed by atoms with van der Waals surface area (Å²) in [5.74, 6) is 0.573. The van der Waals surface area contributed by atoms with E-state index < -0.39 is 0 Å². The highest BCUT2D eigenvalue weighted by molar-refractivity contribution is 5.95. The fourth-order valence-corrected chi connectivity index (χ4v) is 2.78. The number of hydrogen-bond acceptors (Lipinski definition) is 2. The summed E-state index contributed by atoms with van der Waals surface area (Å²) < 4.78 is 0. The van der Waals surface area contributed by atoms with Crippen molar-refractivity contribution >= 4 is 17.9 Å². The number of para-hydroxylation sites is 1. The third-order valence-corrected chi connectivity index (χ3v) is 3.81. The van der Waals surface area contributed by atoms with Gasteiger partial charge in [0, 0.05) is 12.1 Å². The van der Waals surface area contributed by atoms with Crippen molar-refractivity contribution in [3.8, 4) is 0 Å². The number of aldehydes is 1. The third-order valence-electron chi connectivity index (χ3n) is 3.81. The van der Waals surface area contributed by atoms with Gasteiger partial charge in [0.25, 0.3) is 0 Å². The first-order chi connectivity index (χ1) is 9.31. The van der Waals surface area contributed by atoms with E-state index in [1.165, 1.54) is 19.3 Å². The molecule has 3 heteroatoms. The van der Waals surface area contributed by atoms with Crippen molar-refractivity contribution in [2.45, 2.75) is 38.5 Å². The van der Waals surface area contributed by atoms with E-state index in [0.29, 0.717) is 12.3 Å². The lowest BCUT2D eigenvalue weighted by molar-refractivity contribution is -0.120. The molecule has 19 heavy (non-hydrogen) atoms. The molecule has 1 aromatic carbocycles. The predicted octanol–water partition coefficient (Wildman–Crippen LogP) is 3.19. The smallest absolute Gasteiger partial charge is 0.227 e. The highest BCUT2D eigenvalue weighted by Gasteiger charge is 2.21. The average Bonchev–Trinajstić information content (AvgIpc) is 2.46. The van der Waals surface area contributed by atoms with Crippen LogP contribution in [0.25, 0.3) is 0 Å². The summed E-state index contributed by atoms with van der Waals surface area (Å²) in [7, 11) is 0. The molecule has 0 N–H and O–H groups in total. The van der Waals surface area contributed by atoms with Crippen LogP contribution in [0, 0.1) is 5.92 Å². The van der Waals surface area contributed by atoms with Crippen LogP contribution < -0.4 is 4.90 Å². The highest BCUT2D eigenvalue weighted by atomic mass is 16.2. The number of carbonyl (C=O) groups excluding carboxylic acids is 2. The van der Waals surface area contributed by atoms with Gasteiger partial charge in [-0.05, 0) is 30.9 Å². The predicted molar refractivity (Wildman–Crippen MR) is 76.1 cm³/mol. The van der Waals surface area contributed by atoms with Gasteiger partial charge in [-0.25, -0.2) is 0 Å². The summed E-state index contributed by atoms with van der Waals surface area (Å²) in [6.07, 6.45) is 7.43. The Hall–Kier alpha value is -1.64. The van der Waals surface area contributed by atoms with E-state index in [0.717, 1.165) is 24.8 Å². The maximum Gasteiger partial charge on any atom is 0.227 e. The van der Waals surface area contributed by atoms with E-state index in [1.807, 2.05) is 30.3 Å². The highest BCUT2D eigenvalue weighted by Crippen LogP contribution is 2.27.